The lowest BCUT2D eigenvalue weighted by atomic mass is 10.1. The first-order valence-corrected chi connectivity index (χ1v) is 8.84. The molecule has 1 unspecified atom stereocenters. The van der Waals surface area contributed by atoms with E-state index in [2.05, 4.69) is 17.2 Å². The Bertz CT molecular complexity index is 570. The van der Waals surface area contributed by atoms with Gasteiger partial charge in [0.25, 0.3) is 0 Å². The van der Waals surface area contributed by atoms with Crippen LogP contribution in [-0.2, 0) is 4.79 Å². The molecule has 0 spiro atoms. The van der Waals surface area contributed by atoms with Gasteiger partial charge in [0.1, 0.15) is 22.5 Å². The third kappa shape index (κ3) is 6.78. The molecule has 0 saturated heterocycles. The number of thioether (sulfide) groups is 1. The first-order chi connectivity index (χ1) is 11.0. The van der Waals surface area contributed by atoms with Gasteiger partial charge in [-0.25, -0.2) is 4.98 Å². The van der Waals surface area contributed by atoms with Gasteiger partial charge in [-0.3, -0.25) is 4.79 Å². The molecule has 6 nitrogen and oxygen atoms in total. The SMILES string of the molecule is CCCCCCC(C)NC(=O)CSc1nc(N)cc(N)c1C#N. The minimum atomic E-state index is -0.0790. The fourth-order valence-corrected chi connectivity index (χ4v) is 3.01. The number of hydrogen-bond acceptors (Lipinski definition) is 6. The summed E-state index contributed by atoms with van der Waals surface area (Å²) in [4.78, 5) is 16.1. The molecule has 0 radical (unpaired) electrons. The van der Waals surface area contributed by atoms with Gasteiger partial charge in [-0.2, -0.15) is 5.26 Å². The topological polar surface area (TPSA) is 118 Å². The van der Waals surface area contributed by atoms with Gasteiger partial charge in [0.2, 0.25) is 5.91 Å². The molecule has 1 aromatic rings. The summed E-state index contributed by atoms with van der Waals surface area (Å²) >= 11 is 1.18. The zero-order valence-electron chi connectivity index (χ0n) is 13.8. The molecule has 7 heteroatoms. The monoisotopic (exact) mass is 335 g/mol. The van der Waals surface area contributed by atoms with E-state index >= 15 is 0 Å². The van der Waals surface area contributed by atoms with Crippen molar-refractivity contribution < 1.29 is 4.79 Å². The summed E-state index contributed by atoms with van der Waals surface area (Å²) in [6.45, 7) is 4.18. The average molecular weight is 335 g/mol. The molecule has 23 heavy (non-hydrogen) atoms. The number of carbonyl (C=O) groups excluding carboxylic acids is 1. The van der Waals surface area contributed by atoms with Crippen molar-refractivity contribution in [3.63, 3.8) is 0 Å². The van der Waals surface area contributed by atoms with Crippen molar-refractivity contribution in [3.8, 4) is 6.07 Å². The van der Waals surface area contributed by atoms with E-state index in [4.69, 9.17) is 16.7 Å². The second-order valence-corrected chi connectivity index (χ2v) is 6.50. The predicted molar refractivity (Wildman–Crippen MR) is 94.9 cm³/mol. The molecule has 1 amide bonds. The lowest BCUT2D eigenvalue weighted by molar-refractivity contribution is -0.119. The van der Waals surface area contributed by atoms with Gasteiger partial charge >= 0.3 is 0 Å². The second kappa shape index (κ2) is 9.95. The van der Waals surface area contributed by atoms with Gasteiger partial charge in [0.15, 0.2) is 0 Å². The molecular formula is C16H25N5OS. The fraction of sp³-hybridized carbons (Fsp3) is 0.562. The maximum atomic E-state index is 12.0. The number of amides is 1. The molecule has 0 fully saturated rings. The van der Waals surface area contributed by atoms with Crippen molar-refractivity contribution in [2.24, 2.45) is 0 Å². The number of pyridine rings is 1. The molecule has 1 aromatic heterocycles. The quantitative estimate of drug-likeness (QED) is 0.471. The first kappa shape index (κ1) is 19.1. The predicted octanol–water partition coefficient (Wildman–Crippen LogP) is 2.68. The number of rotatable bonds is 9. The summed E-state index contributed by atoms with van der Waals surface area (Å²) in [6.07, 6.45) is 5.73. The molecule has 126 valence electrons. The minimum Gasteiger partial charge on any atom is -0.397 e. The molecule has 0 aromatic carbocycles. The zero-order valence-corrected chi connectivity index (χ0v) is 14.6. The van der Waals surface area contributed by atoms with Gasteiger partial charge < -0.3 is 16.8 Å². The highest BCUT2D eigenvalue weighted by molar-refractivity contribution is 8.00. The van der Waals surface area contributed by atoms with E-state index in [0.29, 0.717) is 5.03 Å². The standard InChI is InChI=1S/C16H25N5OS/c1-3-4-5-6-7-11(2)20-15(22)10-23-16-12(9-17)13(18)8-14(19)21-16/h8,11H,3-7,10H2,1-2H3,(H,20,22)(H4,18,19,21). The van der Waals surface area contributed by atoms with Crippen LogP contribution in [0.3, 0.4) is 0 Å². The highest BCUT2D eigenvalue weighted by Gasteiger charge is 2.13. The van der Waals surface area contributed by atoms with Crippen LogP contribution in [0, 0.1) is 11.3 Å². The van der Waals surface area contributed by atoms with E-state index in [0.717, 1.165) is 12.8 Å². The van der Waals surface area contributed by atoms with Gasteiger partial charge in [-0.05, 0) is 13.3 Å². The number of aromatic nitrogens is 1. The number of hydrogen-bond donors (Lipinski definition) is 3. The van der Waals surface area contributed by atoms with Crippen molar-refractivity contribution in [1.82, 2.24) is 10.3 Å². The second-order valence-electron chi connectivity index (χ2n) is 5.53. The summed E-state index contributed by atoms with van der Waals surface area (Å²) in [5.74, 6) is 0.350. The van der Waals surface area contributed by atoms with Crippen LogP contribution in [-0.4, -0.2) is 22.7 Å². The minimum absolute atomic E-state index is 0.0790. The first-order valence-electron chi connectivity index (χ1n) is 7.86. The van der Waals surface area contributed by atoms with E-state index in [1.807, 2.05) is 13.0 Å². The Morgan fingerprint density at radius 2 is 2.17 bits per heavy atom. The van der Waals surface area contributed by atoms with Crippen LogP contribution in [0.5, 0.6) is 0 Å². The molecular weight excluding hydrogens is 310 g/mol. The van der Waals surface area contributed by atoms with E-state index in [1.165, 1.54) is 37.1 Å². The summed E-state index contributed by atoms with van der Waals surface area (Å²) in [6, 6.07) is 3.59. The van der Waals surface area contributed by atoms with E-state index in [-0.39, 0.29) is 34.8 Å². The number of nitrogens with two attached hydrogens (primary N) is 2. The van der Waals surface area contributed by atoms with Crippen LogP contribution in [0.15, 0.2) is 11.1 Å². The Labute approximate surface area is 142 Å². The molecule has 0 bridgehead atoms. The highest BCUT2D eigenvalue weighted by Crippen LogP contribution is 2.26. The van der Waals surface area contributed by atoms with Crippen molar-refractivity contribution in [3.05, 3.63) is 11.6 Å². The van der Waals surface area contributed by atoms with Crippen molar-refractivity contribution in [2.45, 2.75) is 57.0 Å². The van der Waals surface area contributed by atoms with Crippen molar-refractivity contribution >= 4 is 29.2 Å². The number of unbranched alkanes of at least 4 members (excludes halogenated alkanes) is 3. The molecule has 0 saturated carbocycles. The van der Waals surface area contributed by atoms with E-state index < -0.39 is 0 Å². The van der Waals surface area contributed by atoms with Crippen molar-refractivity contribution in [1.29, 1.82) is 5.26 Å². The molecule has 1 heterocycles. The van der Waals surface area contributed by atoms with Crippen molar-refractivity contribution in [2.75, 3.05) is 17.2 Å². The molecule has 0 aliphatic heterocycles. The number of carbonyl (C=O) groups is 1. The third-order valence-electron chi connectivity index (χ3n) is 3.39. The Hall–Kier alpha value is -1.94. The maximum Gasteiger partial charge on any atom is 0.230 e. The molecule has 0 aliphatic carbocycles. The van der Waals surface area contributed by atoms with Crippen LogP contribution in [0.4, 0.5) is 11.5 Å². The third-order valence-corrected chi connectivity index (χ3v) is 4.36. The lowest BCUT2D eigenvalue weighted by Crippen LogP contribution is -2.33. The normalized spacial score (nSPS) is 11.7. The van der Waals surface area contributed by atoms with Gasteiger partial charge in [-0.1, -0.05) is 44.4 Å². The Morgan fingerprint density at radius 3 is 2.83 bits per heavy atom. The van der Waals surface area contributed by atoms with Crippen LogP contribution >= 0.6 is 11.8 Å². The molecule has 5 N–H and O–H groups in total. The maximum absolute atomic E-state index is 12.0. The molecule has 1 rings (SSSR count). The number of nitrogens with one attached hydrogen (secondary N) is 1. The largest absolute Gasteiger partial charge is 0.397 e. The Morgan fingerprint density at radius 1 is 1.43 bits per heavy atom. The number of nitrogen functional groups attached to an aromatic ring is 2. The fourth-order valence-electron chi connectivity index (χ4n) is 2.18. The average Bonchev–Trinajstić information content (AvgIpc) is 2.49. The van der Waals surface area contributed by atoms with Gasteiger partial charge in [-0.15, -0.1) is 0 Å². The van der Waals surface area contributed by atoms with Gasteiger partial charge in [0.05, 0.1) is 11.4 Å². The van der Waals surface area contributed by atoms with Crippen LogP contribution < -0.4 is 16.8 Å². The van der Waals surface area contributed by atoms with E-state index in [1.54, 1.807) is 0 Å². The summed E-state index contributed by atoms with van der Waals surface area (Å²) in [5.41, 5.74) is 11.9. The molecule has 1 atom stereocenters. The zero-order chi connectivity index (χ0) is 17.2. The smallest absolute Gasteiger partial charge is 0.230 e. The lowest BCUT2D eigenvalue weighted by Gasteiger charge is -2.14. The number of nitrogens with zero attached hydrogens (tertiary/aromatic N) is 2. The summed E-state index contributed by atoms with van der Waals surface area (Å²) in [5, 5.41) is 12.5. The Balaban J connectivity index is 2.46. The summed E-state index contributed by atoms with van der Waals surface area (Å²) in [7, 11) is 0. The number of nitriles is 1. The molecule has 0 aliphatic rings. The van der Waals surface area contributed by atoms with Crippen LogP contribution in [0.25, 0.3) is 0 Å². The summed E-state index contributed by atoms with van der Waals surface area (Å²) < 4.78 is 0. The number of anilines is 2. The van der Waals surface area contributed by atoms with E-state index in [9.17, 15) is 4.79 Å². The van der Waals surface area contributed by atoms with Gasteiger partial charge in [0, 0.05) is 12.1 Å². The Kier molecular flexibility index (Phi) is 8.27. The van der Waals surface area contributed by atoms with Crippen LogP contribution in [0.2, 0.25) is 0 Å². The van der Waals surface area contributed by atoms with Crippen LogP contribution in [0.1, 0.15) is 51.5 Å². The highest BCUT2D eigenvalue weighted by atomic mass is 32.2.